The van der Waals surface area contributed by atoms with Crippen LogP contribution >= 0.6 is 0 Å². The molecule has 0 saturated carbocycles. The van der Waals surface area contributed by atoms with Gasteiger partial charge >= 0.3 is 0 Å². The van der Waals surface area contributed by atoms with Crippen LogP contribution in [0.1, 0.15) is 45.1 Å². The van der Waals surface area contributed by atoms with Crippen LogP contribution < -0.4 is 9.47 Å². The molecule has 0 atom stereocenters. The van der Waals surface area contributed by atoms with Crippen molar-refractivity contribution in [3.63, 3.8) is 0 Å². The zero-order valence-corrected chi connectivity index (χ0v) is 12.6. The molecule has 110 valence electrons. The Morgan fingerprint density at radius 3 is 2.70 bits per heavy atom. The lowest BCUT2D eigenvalue weighted by Crippen LogP contribution is -2.00. The van der Waals surface area contributed by atoms with Crippen LogP contribution in [0.5, 0.6) is 11.5 Å². The summed E-state index contributed by atoms with van der Waals surface area (Å²) in [6.45, 7) is 4.40. The molecule has 1 aromatic rings. The van der Waals surface area contributed by atoms with Crippen LogP contribution in [0.25, 0.3) is 6.08 Å². The number of unbranched alkanes of at least 4 members (excludes halogenated alkanes) is 3. The van der Waals surface area contributed by atoms with Crippen molar-refractivity contribution in [2.75, 3.05) is 13.7 Å². The van der Waals surface area contributed by atoms with Crippen LogP contribution in [0.15, 0.2) is 24.3 Å². The van der Waals surface area contributed by atoms with E-state index in [9.17, 15) is 4.79 Å². The van der Waals surface area contributed by atoms with Gasteiger partial charge in [-0.2, -0.15) is 0 Å². The van der Waals surface area contributed by atoms with E-state index in [4.69, 9.17) is 9.47 Å². The van der Waals surface area contributed by atoms with Crippen molar-refractivity contribution in [1.82, 2.24) is 0 Å². The van der Waals surface area contributed by atoms with Gasteiger partial charge in [-0.05, 0) is 31.6 Å². The number of carbonyl (C=O) groups excluding carboxylic acids is 1. The van der Waals surface area contributed by atoms with E-state index in [1.165, 1.54) is 32.3 Å². The van der Waals surface area contributed by atoms with Crippen molar-refractivity contribution in [3.8, 4) is 11.5 Å². The van der Waals surface area contributed by atoms with Crippen LogP contribution in [0, 0.1) is 0 Å². The Hall–Kier alpha value is -1.77. The zero-order chi connectivity index (χ0) is 14.8. The fourth-order valence-corrected chi connectivity index (χ4v) is 1.91. The molecule has 0 radical (unpaired) electrons. The summed E-state index contributed by atoms with van der Waals surface area (Å²) in [7, 11) is 1.62. The van der Waals surface area contributed by atoms with Gasteiger partial charge in [0.25, 0.3) is 0 Å². The Morgan fingerprint density at radius 2 is 2.05 bits per heavy atom. The standard InChI is InChI=1S/C17H24O3/c1-4-5-6-7-13-20-16-10-8-9-15(17(16)19-3)12-11-14(2)18/h8-12H,4-7,13H2,1-3H3/b12-11+. The normalized spacial score (nSPS) is 10.8. The zero-order valence-electron chi connectivity index (χ0n) is 12.6. The minimum Gasteiger partial charge on any atom is -0.492 e. The maximum absolute atomic E-state index is 11.0. The molecule has 3 heteroatoms. The third kappa shape index (κ3) is 5.47. The smallest absolute Gasteiger partial charge is 0.167 e. The van der Waals surface area contributed by atoms with Crippen LogP contribution in [0.2, 0.25) is 0 Å². The molecule has 0 aromatic heterocycles. The fourth-order valence-electron chi connectivity index (χ4n) is 1.91. The van der Waals surface area contributed by atoms with Gasteiger partial charge in [-0.25, -0.2) is 0 Å². The van der Waals surface area contributed by atoms with Gasteiger partial charge < -0.3 is 9.47 Å². The summed E-state index contributed by atoms with van der Waals surface area (Å²) in [5.74, 6) is 1.42. The molecule has 0 saturated heterocycles. The molecular formula is C17H24O3. The van der Waals surface area contributed by atoms with Gasteiger partial charge in [-0.3, -0.25) is 4.79 Å². The molecule has 0 fully saturated rings. The fraction of sp³-hybridized carbons (Fsp3) is 0.471. The molecule has 1 rings (SSSR count). The molecule has 0 aliphatic carbocycles. The Balaban J connectivity index is 2.70. The molecule has 0 spiro atoms. The molecule has 1 aromatic carbocycles. The third-order valence-corrected chi connectivity index (χ3v) is 2.97. The van der Waals surface area contributed by atoms with Crippen molar-refractivity contribution in [2.24, 2.45) is 0 Å². The summed E-state index contributed by atoms with van der Waals surface area (Å²) < 4.78 is 11.2. The van der Waals surface area contributed by atoms with Gasteiger partial charge in [-0.15, -0.1) is 0 Å². The monoisotopic (exact) mass is 276 g/mol. The average Bonchev–Trinajstić information content (AvgIpc) is 2.44. The molecule has 3 nitrogen and oxygen atoms in total. The number of ether oxygens (including phenoxy) is 2. The Kier molecular flexibility index (Phi) is 7.48. The maximum Gasteiger partial charge on any atom is 0.167 e. The van der Waals surface area contributed by atoms with E-state index in [1.54, 1.807) is 13.2 Å². The molecule has 0 bridgehead atoms. The second-order valence-electron chi connectivity index (χ2n) is 4.73. The second-order valence-corrected chi connectivity index (χ2v) is 4.73. The molecule has 20 heavy (non-hydrogen) atoms. The first kappa shape index (κ1) is 16.3. The van der Waals surface area contributed by atoms with Gasteiger partial charge in [0.1, 0.15) is 0 Å². The van der Waals surface area contributed by atoms with Gasteiger partial charge in [-0.1, -0.05) is 38.3 Å². The number of hydrogen-bond acceptors (Lipinski definition) is 3. The summed E-state index contributed by atoms with van der Waals surface area (Å²) in [6.07, 6.45) is 7.97. The highest BCUT2D eigenvalue weighted by molar-refractivity contribution is 5.92. The molecule has 0 aliphatic heterocycles. The van der Waals surface area contributed by atoms with E-state index < -0.39 is 0 Å². The number of para-hydroxylation sites is 1. The van der Waals surface area contributed by atoms with E-state index in [2.05, 4.69) is 6.92 Å². The van der Waals surface area contributed by atoms with E-state index >= 15 is 0 Å². The van der Waals surface area contributed by atoms with E-state index in [-0.39, 0.29) is 5.78 Å². The minimum absolute atomic E-state index is 0.0120. The summed E-state index contributed by atoms with van der Waals surface area (Å²) in [5, 5.41) is 0. The summed E-state index contributed by atoms with van der Waals surface area (Å²) >= 11 is 0. The highest BCUT2D eigenvalue weighted by Gasteiger charge is 2.08. The first-order valence-corrected chi connectivity index (χ1v) is 7.17. The lowest BCUT2D eigenvalue weighted by atomic mass is 10.1. The highest BCUT2D eigenvalue weighted by Crippen LogP contribution is 2.32. The lowest BCUT2D eigenvalue weighted by Gasteiger charge is -2.12. The highest BCUT2D eigenvalue weighted by atomic mass is 16.5. The number of benzene rings is 1. The number of allylic oxidation sites excluding steroid dienone is 1. The molecule has 0 unspecified atom stereocenters. The minimum atomic E-state index is 0.0120. The van der Waals surface area contributed by atoms with Crippen molar-refractivity contribution >= 4 is 11.9 Å². The number of ketones is 1. The number of rotatable bonds is 9. The predicted octanol–water partition coefficient (Wildman–Crippen LogP) is 4.26. The van der Waals surface area contributed by atoms with Crippen molar-refractivity contribution in [3.05, 3.63) is 29.8 Å². The first-order valence-electron chi connectivity index (χ1n) is 7.17. The summed E-state index contributed by atoms with van der Waals surface area (Å²) in [5.41, 5.74) is 0.855. The van der Waals surface area contributed by atoms with Crippen molar-refractivity contribution in [2.45, 2.75) is 39.5 Å². The second kappa shape index (κ2) is 9.18. The summed E-state index contributed by atoms with van der Waals surface area (Å²) in [4.78, 5) is 11.0. The van der Waals surface area contributed by atoms with Gasteiger partial charge in [0.05, 0.1) is 13.7 Å². The number of carbonyl (C=O) groups is 1. The number of methoxy groups -OCH3 is 1. The van der Waals surface area contributed by atoms with Crippen LogP contribution in [-0.4, -0.2) is 19.5 Å². The molecule has 0 heterocycles. The summed E-state index contributed by atoms with van der Waals surface area (Å²) in [6, 6.07) is 5.70. The van der Waals surface area contributed by atoms with Crippen molar-refractivity contribution < 1.29 is 14.3 Å². The van der Waals surface area contributed by atoms with E-state index in [0.717, 1.165) is 17.7 Å². The van der Waals surface area contributed by atoms with Gasteiger partial charge in [0, 0.05) is 5.56 Å². The maximum atomic E-state index is 11.0. The SMILES string of the molecule is CCCCCCOc1cccc(/C=C/C(C)=O)c1OC. The van der Waals surface area contributed by atoms with Crippen LogP contribution in [-0.2, 0) is 4.79 Å². The Morgan fingerprint density at radius 1 is 1.25 bits per heavy atom. The van der Waals surface area contributed by atoms with Crippen LogP contribution in [0.4, 0.5) is 0 Å². The average molecular weight is 276 g/mol. The predicted molar refractivity (Wildman–Crippen MR) is 82.3 cm³/mol. The van der Waals surface area contributed by atoms with E-state index in [1.807, 2.05) is 18.2 Å². The topological polar surface area (TPSA) is 35.5 Å². The molecule has 0 amide bonds. The molecule has 0 aliphatic rings. The lowest BCUT2D eigenvalue weighted by molar-refractivity contribution is -0.112. The largest absolute Gasteiger partial charge is 0.492 e. The molecule has 0 N–H and O–H groups in total. The van der Waals surface area contributed by atoms with Crippen molar-refractivity contribution in [1.29, 1.82) is 0 Å². The number of hydrogen-bond donors (Lipinski definition) is 0. The van der Waals surface area contributed by atoms with Crippen LogP contribution in [0.3, 0.4) is 0 Å². The quantitative estimate of drug-likeness (QED) is 0.499. The Bertz CT molecular complexity index is 450. The molecular weight excluding hydrogens is 252 g/mol. The Labute approximate surface area is 121 Å². The third-order valence-electron chi connectivity index (χ3n) is 2.97. The van der Waals surface area contributed by atoms with Gasteiger partial charge in [0.2, 0.25) is 0 Å². The van der Waals surface area contributed by atoms with E-state index in [0.29, 0.717) is 12.4 Å². The van der Waals surface area contributed by atoms with Gasteiger partial charge in [0.15, 0.2) is 17.3 Å². The first-order chi connectivity index (χ1) is 9.69.